The smallest absolute Gasteiger partial charge is 0.0744 e. The van der Waals surface area contributed by atoms with Crippen LogP contribution in [0.15, 0.2) is 42.5 Å². The van der Waals surface area contributed by atoms with Gasteiger partial charge in [-0.1, -0.05) is 53.5 Å². The zero-order valence-corrected chi connectivity index (χ0v) is 11.0. The number of nitrogen functional groups attached to an aromatic ring is 1. The Morgan fingerprint density at radius 1 is 0.944 bits per heavy atom. The summed E-state index contributed by atoms with van der Waals surface area (Å²) in [6.45, 7) is 0. The highest BCUT2D eigenvalue weighted by Crippen LogP contribution is 2.34. The van der Waals surface area contributed by atoms with Gasteiger partial charge in [-0.3, -0.25) is 5.84 Å². The van der Waals surface area contributed by atoms with E-state index < -0.39 is 0 Å². The number of nitrogens with one attached hydrogen (secondary N) is 1. The van der Waals surface area contributed by atoms with Crippen molar-refractivity contribution in [2.75, 3.05) is 5.73 Å². The third kappa shape index (κ3) is 2.44. The van der Waals surface area contributed by atoms with Gasteiger partial charge in [-0.2, -0.15) is 0 Å². The molecule has 0 amide bonds. The highest BCUT2D eigenvalue weighted by atomic mass is 35.5. The molecular weight excluding hydrogens is 269 g/mol. The van der Waals surface area contributed by atoms with E-state index in [1.807, 2.05) is 36.4 Å². The van der Waals surface area contributed by atoms with Crippen LogP contribution in [0.3, 0.4) is 0 Å². The first-order valence-electron chi connectivity index (χ1n) is 5.39. The van der Waals surface area contributed by atoms with Crippen LogP contribution < -0.4 is 17.0 Å². The van der Waals surface area contributed by atoms with Crippen LogP contribution >= 0.6 is 23.2 Å². The first kappa shape index (κ1) is 13.2. The highest BCUT2D eigenvalue weighted by Gasteiger charge is 2.18. The lowest BCUT2D eigenvalue weighted by Crippen LogP contribution is -2.29. The molecule has 0 aliphatic rings. The molecule has 3 nitrogen and oxygen atoms in total. The van der Waals surface area contributed by atoms with Crippen LogP contribution in [0.4, 0.5) is 5.69 Å². The van der Waals surface area contributed by atoms with Crippen molar-refractivity contribution in [1.29, 1.82) is 0 Å². The Bertz CT molecular complexity index is 558. The summed E-state index contributed by atoms with van der Waals surface area (Å²) in [5.74, 6) is 5.62. The van der Waals surface area contributed by atoms with E-state index in [0.717, 1.165) is 11.1 Å². The lowest BCUT2D eigenvalue weighted by Gasteiger charge is -2.20. The monoisotopic (exact) mass is 281 g/mol. The van der Waals surface area contributed by atoms with Gasteiger partial charge in [0.25, 0.3) is 0 Å². The van der Waals surface area contributed by atoms with Gasteiger partial charge in [-0.05, 0) is 23.3 Å². The molecule has 1 unspecified atom stereocenters. The number of halogens is 2. The number of benzene rings is 2. The first-order valence-corrected chi connectivity index (χ1v) is 6.15. The number of hydrogen-bond acceptors (Lipinski definition) is 3. The molecule has 1 atom stereocenters. The van der Waals surface area contributed by atoms with E-state index in [9.17, 15) is 0 Å². The van der Waals surface area contributed by atoms with Crippen molar-refractivity contribution in [3.05, 3.63) is 63.6 Å². The largest absolute Gasteiger partial charge is 0.398 e. The van der Waals surface area contributed by atoms with Gasteiger partial charge < -0.3 is 5.73 Å². The average Bonchev–Trinajstić information content (AvgIpc) is 2.37. The maximum Gasteiger partial charge on any atom is 0.0744 e. The quantitative estimate of drug-likeness (QED) is 0.460. The van der Waals surface area contributed by atoms with Crippen LogP contribution in [0, 0.1) is 0 Å². The summed E-state index contributed by atoms with van der Waals surface area (Å²) >= 11 is 12.2. The summed E-state index contributed by atoms with van der Waals surface area (Å²) in [6, 6.07) is 12.6. The standard InChI is InChI=1S/C13H13Cl2N3/c14-10-6-3-5-9(12(10)15)13(18-17)8-4-1-2-7-11(8)16/h1-7,13,18H,16-17H2. The molecule has 5 heteroatoms. The minimum absolute atomic E-state index is 0.294. The third-order valence-corrected chi connectivity index (χ3v) is 3.60. The molecule has 0 aromatic heterocycles. The van der Waals surface area contributed by atoms with Crippen LogP contribution in [0.25, 0.3) is 0 Å². The molecule has 0 spiro atoms. The van der Waals surface area contributed by atoms with Crippen molar-refractivity contribution in [1.82, 2.24) is 5.43 Å². The third-order valence-electron chi connectivity index (χ3n) is 2.77. The molecule has 0 bridgehead atoms. The summed E-state index contributed by atoms with van der Waals surface area (Å²) in [4.78, 5) is 0. The SMILES string of the molecule is NNC(c1ccccc1N)c1cccc(Cl)c1Cl. The lowest BCUT2D eigenvalue weighted by molar-refractivity contribution is 0.639. The van der Waals surface area contributed by atoms with Gasteiger partial charge in [0, 0.05) is 5.69 Å². The molecule has 0 aliphatic heterocycles. The Kier molecular flexibility index (Phi) is 4.09. The fourth-order valence-electron chi connectivity index (χ4n) is 1.86. The van der Waals surface area contributed by atoms with E-state index in [1.54, 1.807) is 6.07 Å². The van der Waals surface area contributed by atoms with Crippen LogP contribution in [-0.4, -0.2) is 0 Å². The number of hydrogen-bond donors (Lipinski definition) is 3. The predicted molar refractivity (Wildman–Crippen MR) is 76.5 cm³/mol. The van der Waals surface area contributed by atoms with Crippen LogP contribution in [-0.2, 0) is 0 Å². The summed E-state index contributed by atoms with van der Waals surface area (Å²) < 4.78 is 0. The van der Waals surface area contributed by atoms with Gasteiger partial charge in [0.1, 0.15) is 0 Å². The van der Waals surface area contributed by atoms with Gasteiger partial charge >= 0.3 is 0 Å². The van der Waals surface area contributed by atoms with Gasteiger partial charge in [-0.25, -0.2) is 5.43 Å². The van der Waals surface area contributed by atoms with E-state index in [4.69, 9.17) is 34.8 Å². The van der Waals surface area contributed by atoms with Crippen molar-refractivity contribution in [2.45, 2.75) is 6.04 Å². The Morgan fingerprint density at radius 2 is 1.61 bits per heavy atom. The molecule has 5 N–H and O–H groups in total. The zero-order valence-electron chi connectivity index (χ0n) is 9.53. The maximum atomic E-state index is 6.20. The van der Waals surface area contributed by atoms with Gasteiger partial charge in [0.15, 0.2) is 0 Å². The van der Waals surface area contributed by atoms with Crippen LogP contribution in [0.2, 0.25) is 10.0 Å². The van der Waals surface area contributed by atoms with Crippen molar-refractivity contribution in [3.8, 4) is 0 Å². The summed E-state index contributed by atoms with van der Waals surface area (Å²) in [5, 5.41) is 0.967. The average molecular weight is 282 g/mol. The number of para-hydroxylation sites is 1. The zero-order chi connectivity index (χ0) is 13.1. The van der Waals surface area contributed by atoms with Crippen molar-refractivity contribution < 1.29 is 0 Å². The molecule has 0 aliphatic carbocycles. The maximum absolute atomic E-state index is 6.20. The minimum Gasteiger partial charge on any atom is -0.398 e. The molecule has 0 saturated heterocycles. The number of hydrazine groups is 1. The molecule has 0 heterocycles. The molecule has 0 fully saturated rings. The minimum atomic E-state index is -0.294. The van der Waals surface area contributed by atoms with Crippen LogP contribution in [0.5, 0.6) is 0 Å². The fraction of sp³-hybridized carbons (Fsp3) is 0.0769. The molecule has 2 aromatic carbocycles. The second-order valence-electron chi connectivity index (χ2n) is 3.87. The molecule has 18 heavy (non-hydrogen) atoms. The normalized spacial score (nSPS) is 12.4. The predicted octanol–water partition coefficient (Wildman–Crippen LogP) is 3.13. The molecule has 2 rings (SSSR count). The molecular formula is C13H13Cl2N3. The number of nitrogens with two attached hydrogens (primary N) is 2. The Balaban J connectivity index is 2.53. The molecule has 0 radical (unpaired) electrons. The van der Waals surface area contributed by atoms with Gasteiger partial charge in [0.2, 0.25) is 0 Å². The summed E-state index contributed by atoms with van der Waals surface area (Å²) in [7, 11) is 0. The van der Waals surface area contributed by atoms with Crippen molar-refractivity contribution >= 4 is 28.9 Å². The van der Waals surface area contributed by atoms with Gasteiger partial charge in [0.05, 0.1) is 16.1 Å². The Morgan fingerprint density at radius 3 is 2.28 bits per heavy atom. The van der Waals surface area contributed by atoms with E-state index in [0.29, 0.717) is 15.7 Å². The molecule has 0 saturated carbocycles. The number of anilines is 1. The van der Waals surface area contributed by atoms with Crippen molar-refractivity contribution in [2.24, 2.45) is 5.84 Å². The molecule has 2 aromatic rings. The lowest BCUT2D eigenvalue weighted by atomic mass is 9.98. The van der Waals surface area contributed by atoms with Gasteiger partial charge in [-0.15, -0.1) is 0 Å². The summed E-state index contributed by atoms with van der Waals surface area (Å²) in [5.41, 5.74) is 11.0. The first-order chi connectivity index (χ1) is 8.65. The highest BCUT2D eigenvalue weighted by molar-refractivity contribution is 6.42. The van der Waals surface area contributed by atoms with Crippen molar-refractivity contribution in [3.63, 3.8) is 0 Å². The van der Waals surface area contributed by atoms with E-state index in [1.165, 1.54) is 0 Å². The fourth-order valence-corrected chi connectivity index (χ4v) is 2.28. The van der Waals surface area contributed by atoms with E-state index in [-0.39, 0.29) is 6.04 Å². The summed E-state index contributed by atoms with van der Waals surface area (Å²) in [6.07, 6.45) is 0. The van der Waals surface area contributed by atoms with E-state index >= 15 is 0 Å². The second-order valence-corrected chi connectivity index (χ2v) is 4.66. The Hall–Kier alpha value is -1.26. The molecule has 94 valence electrons. The topological polar surface area (TPSA) is 64.1 Å². The van der Waals surface area contributed by atoms with Crippen LogP contribution in [0.1, 0.15) is 17.2 Å². The van der Waals surface area contributed by atoms with E-state index in [2.05, 4.69) is 5.43 Å². The second kappa shape index (κ2) is 5.59. The number of rotatable bonds is 3. The Labute approximate surface area is 116 Å².